The molecule has 0 aliphatic carbocycles. The van der Waals surface area contributed by atoms with Gasteiger partial charge in [0, 0.05) is 19.4 Å². The second-order valence-corrected chi connectivity index (χ2v) is 3.72. The molecule has 0 radical (unpaired) electrons. The quantitative estimate of drug-likeness (QED) is 0.344. The van der Waals surface area contributed by atoms with Gasteiger partial charge < -0.3 is 10.4 Å². The van der Waals surface area contributed by atoms with Crippen LogP contribution < -0.4 is 5.32 Å². The van der Waals surface area contributed by atoms with Crippen LogP contribution >= 0.6 is 0 Å². The fourth-order valence-corrected chi connectivity index (χ4v) is 1.25. The maximum atomic E-state index is 10.9. The van der Waals surface area contributed by atoms with Crippen molar-refractivity contribution in [2.45, 2.75) is 19.3 Å². The first-order chi connectivity index (χ1) is 6.16. The highest BCUT2D eigenvalue weighted by molar-refractivity contribution is 7.77. The molecule has 0 bridgehead atoms. The van der Waals surface area contributed by atoms with Gasteiger partial charge >= 0.3 is 5.97 Å². The Labute approximate surface area is 82.1 Å². The maximum Gasteiger partial charge on any atom is 0.303 e. The van der Waals surface area contributed by atoms with E-state index in [1.807, 2.05) is 0 Å². The summed E-state index contributed by atoms with van der Waals surface area (Å²) in [6.07, 6.45) is 3.01. The summed E-state index contributed by atoms with van der Waals surface area (Å²) in [5, 5.41) is 11.0. The molecular formula is C8H16NO3S+. The van der Waals surface area contributed by atoms with E-state index in [0.29, 0.717) is 6.54 Å². The predicted molar refractivity (Wildman–Crippen MR) is 54.0 cm³/mol. The zero-order chi connectivity index (χ0) is 10.1. The second-order valence-electron chi connectivity index (χ2n) is 2.64. The van der Waals surface area contributed by atoms with Crippen molar-refractivity contribution in [3.63, 3.8) is 0 Å². The molecule has 76 valence electrons. The molecule has 0 saturated carbocycles. The molecule has 0 spiro atoms. The Morgan fingerprint density at radius 1 is 1.38 bits per heavy atom. The lowest BCUT2D eigenvalue weighted by Crippen LogP contribution is -2.25. The number of nitrogens with one attached hydrogen (secondary N) is 1. The summed E-state index contributed by atoms with van der Waals surface area (Å²) in [5.74, 6) is -0.0310. The maximum absolute atomic E-state index is 10.9. The van der Waals surface area contributed by atoms with Crippen LogP contribution in [0.1, 0.15) is 19.3 Å². The molecule has 2 N–H and O–H groups in total. The van der Waals surface area contributed by atoms with Crippen LogP contribution in [0.4, 0.5) is 0 Å². The van der Waals surface area contributed by atoms with E-state index in [-0.39, 0.29) is 18.7 Å². The number of amides is 1. The van der Waals surface area contributed by atoms with E-state index in [1.54, 1.807) is 0 Å². The third-order valence-corrected chi connectivity index (χ3v) is 2.21. The number of thiol groups is 1. The Balaban J connectivity index is 3.25. The van der Waals surface area contributed by atoms with Gasteiger partial charge in [0.1, 0.15) is 5.75 Å². The largest absolute Gasteiger partial charge is 0.481 e. The van der Waals surface area contributed by atoms with Crippen molar-refractivity contribution in [1.29, 1.82) is 0 Å². The number of hydrogen-bond acceptors (Lipinski definition) is 2. The number of carbonyl (C=O) groups is 2. The van der Waals surface area contributed by atoms with Gasteiger partial charge in [-0.15, -0.1) is 0 Å². The van der Waals surface area contributed by atoms with Crippen molar-refractivity contribution >= 4 is 23.6 Å². The standard InChI is InChI=1S/C8H15NO3S/c1-13-6-2-5-9-7(10)3-4-8(11)12/h2-6H2,1H3,(H,9,10)(H,11,12)/p+1. The van der Waals surface area contributed by atoms with Gasteiger partial charge in [-0.05, 0) is 11.8 Å². The summed E-state index contributed by atoms with van der Waals surface area (Å²) >= 11 is 1.32. The number of aliphatic carboxylic acids is 1. The van der Waals surface area contributed by atoms with Gasteiger partial charge in [-0.2, -0.15) is 0 Å². The summed E-state index contributed by atoms with van der Waals surface area (Å²) in [6.45, 7) is 0.652. The fourth-order valence-electron chi connectivity index (χ4n) is 0.774. The van der Waals surface area contributed by atoms with E-state index >= 15 is 0 Å². The van der Waals surface area contributed by atoms with E-state index in [9.17, 15) is 9.59 Å². The lowest BCUT2D eigenvalue weighted by Gasteiger charge is -2.00. The van der Waals surface area contributed by atoms with Crippen molar-refractivity contribution < 1.29 is 14.7 Å². The third kappa shape index (κ3) is 9.20. The second kappa shape index (κ2) is 7.91. The van der Waals surface area contributed by atoms with E-state index in [1.165, 1.54) is 11.8 Å². The first kappa shape index (κ1) is 12.3. The van der Waals surface area contributed by atoms with Gasteiger partial charge in [-0.3, -0.25) is 9.59 Å². The minimum atomic E-state index is -0.928. The summed E-state index contributed by atoms with van der Waals surface area (Å²) in [5.41, 5.74) is 0. The minimum Gasteiger partial charge on any atom is -0.481 e. The van der Waals surface area contributed by atoms with E-state index in [2.05, 4.69) is 11.6 Å². The van der Waals surface area contributed by atoms with E-state index in [4.69, 9.17) is 5.11 Å². The Bertz CT molecular complexity index is 173. The lowest BCUT2D eigenvalue weighted by molar-refractivity contribution is -0.138. The molecule has 5 heteroatoms. The topological polar surface area (TPSA) is 66.4 Å². The average molecular weight is 206 g/mol. The summed E-state index contributed by atoms with van der Waals surface area (Å²) in [7, 11) is 0. The number of carboxylic acids is 1. The first-order valence-electron chi connectivity index (χ1n) is 4.21. The Morgan fingerprint density at radius 2 is 2.08 bits per heavy atom. The molecule has 0 fully saturated rings. The van der Waals surface area contributed by atoms with Crippen LogP contribution in [0.2, 0.25) is 0 Å². The summed E-state index contributed by atoms with van der Waals surface area (Å²) in [4.78, 5) is 21.0. The SMILES string of the molecule is C[SH+]CCCNC(=O)CCC(=O)O. The molecule has 1 amide bonds. The highest BCUT2D eigenvalue weighted by atomic mass is 32.2. The predicted octanol–water partition coefficient (Wildman–Crippen LogP) is -0.198. The third-order valence-electron chi connectivity index (χ3n) is 1.45. The minimum absolute atomic E-state index is 0.0825. The Hall–Kier alpha value is -0.710. The highest BCUT2D eigenvalue weighted by Gasteiger charge is 2.04. The van der Waals surface area contributed by atoms with Crippen molar-refractivity contribution in [2.24, 2.45) is 0 Å². The van der Waals surface area contributed by atoms with Crippen LogP contribution in [0.25, 0.3) is 0 Å². The summed E-state index contributed by atoms with van der Waals surface area (Å²) in [6, 6.07) is 0. The van der Waals surface area contributed by atoms with Crippen LogP contribution in [0.15, 0.2) is 0 Å². The van der Waals surface area contributed by atoms with E-state index < -0.39 is 5.97 Å². The van der Waals surface area contributed by atoms with Gasteiger partial charge in [0.05, 0.1) is 12.7 Å². The molecular weight excluding hydrogens is 190 g/mol. The molecule has 0 heterocycles. The van der Waals surface area contributed by atoms with Crippen LogP contribution in [0.3, 0.4) is 0 Å². The molecule has 0 unspecified atom stereocenters. The molecule has 0 atom stereocenters. The fraction of sp³-hybridized carbons (Fsp3) is 0.750. The van der Waals surface area contributed by atoms with Gasteiger partial charge in [0.2, 0.25) is 5.91 Å². The van der Waals surface area contributed by atoms with Gasteiger partial charge in [-0.25, -0.2) is 0 Å². The van der Waals surface area contributed by atoms with Gasteiger partial charge in [0.25, 0.3) is 0 Å². The molecule has 0 saturated heterocycles. The molecule has 0 aliphatic heterocycles. The summed E-state index contributed by atoms with van der Waals surface area (Å²) < 4.78 is 0. The molecule has 13 heavy (non-hydrogen) atoms. The number of hydrogen-bond donors (Lipinski definition) is 2. The average Bonchev–Trinajstić information content (AvgIpc) is 2.09. The lowest BCUT2D eigenvalue weighted by atomic mass is 10.3. The highest BCUT2D eigenvalue weighted by Crippen LogP contribution is 1.88. The van der Waals surface area contributed by atoms with Crippen LogP contribution in [0.5, 0.6) is 0 Å². The van der Waals surface area contributed by atoms with Crippen molar-refractivity contribution in [1.82, 2.24) is 5.32 Å². The molecule has 0 aromatic rings. The van der Waals surface area contributed by atoms with Crippen LogP contribution in [-0.2, 0) is 21.4 Å². The smallest absolute Gasteiger partial charge is 0.303 e. The molecule has 4 nitrogen and oxygen atoms in total. The van der Waals surface area contributed by atoms with Gasteiger partial charge in [-0.1, -0.05) is 0 Å². The molecule has 0 aromatic heterocycles. The molecule has 0 aliphatic rings. The van der Waals surface area contributed by atoms with Crippen molar-refractivity contribution in [2.75, 3.05) is 18.6 Å². The van der Waals surface area contributed by atoms with Gasteiger partial charge in [0.15, 0.2) is 0 Å². The van der Waals surface area contributed by atoms with Crippen molar-refractivity contribution in [3.05, 3.63) is 0 Å². The monoisotopic (exact) mass is 206 g/mol. The number of carboxylic acid groups (broad SMARTS) is 1. The van der Waals surface area contributed by atoms with E-state index in [0.717, 1.165) is 12.2 Å². The normalized spacial score (nSPS) is 9.62. The number of carbonyl (C=O) groups excluding carboxylic acids is 1. The molecule has 0 rings (SSSR count). The first-order valence-corrected chi connectivity index (χ1v) is 5.73. The Morgan fingerprint density at radius 3 is 2.62 bits per heavy atom. The number of rotatable bonds is 7. The zero-order valence-electron chi connectivity index (χ0n) is 7.75. The molecule has 0 aromatic carbocycles. The zero-order valence-corrected chi connectivity index (χ0v) is 8.64. The van der Waals surface area contributed by atoms with Crippen LogP contribution in [0, 0.1) is 0 Å². The van der Waals surface area contributed by atoms with Crippen LogP contribution in [-0.4, -0.2) is 35.5 Å². The Kier molecular flexibility index (Phi) is 7.48. The van der Waals surface area contributed by atoms with Crippen molar-refractivity contribution in [3.8, 4) is 0 Å².